The molecule has 1 aromatic carbocycles. The zero-order valence-electron chi connectivity index (χ0n) is 14.6. The van der Waals surface area contributed by atoms with Gasteiger partial charge in [0.05, 0.1) is 11.8 Å². The Morgan fingerprint density at radius 2 is 1.65 bits per heavy atom. The normalized spacial score (nSPS) is 22.3. The summed E-state index contributed by atoms with van der Waals surface area (Å²) in [4.78, 5) is 50.8. The van der Waals surface area contributed by atoms with Crippen molar-refractivity contribution in [1.82, 2.24) is 4.90 Å². The third kappa shape index (κ3) is 3.82. The lowest BCUT2D eigenvalue weighted by Gasteiger charge is -2.19. The number of ketones is 1. The number of amides is 2. The number of thioether (sulfide) groups is 1. The molecule has 138 valence electrons. The number of hydrogen-bond acceptors (Lipinski definition) is 6. The van der Waals surface area contributed by atoms with E-state index in [0.29, 0.717) is 18.4 Å². The van der Waals surface area contributed by atoms with E-state index in [1.165, 1.54) is 0 Å². The molecule has 3 rings (SSSR count). The number of imide groups is 1. The predicted molar refractivity (Wildman–Crippen MR) is 95.7 cm³/mol. The van der Waals surface area contributed by atoms with E-state index in [-0.39, 0.29) is 29.4 Å². The third-order valence-electron chi connectivity index (χ3n) is 5.00. The number of rotatable bonds is 6. The zero-order chi connectivity index (χ0) is 18.7. The van der Waals surface area contributed by atoms with Crippen LogP contribution in [0.5, 0.6) is 0 Å². The molecule has 1 saturated heterocycles. The fourth-order valence-electron chi connectivity index (χ4n) is 3.57. The van der Waals surface area contributed by atoms with E-state index < -0.39 is 19.1 Å². The molecule has 2 unspecified atom stereocenters. The second kappa shape index (κ2) is 8.03. The van der Waals surface area contributed by atoms with Crippen LogP contribution in [0.3, 0.4) is 0 Å². The van der Waals surface area contributed by atoms with Gasteiger partial charge in [-0.25, -0.2) is 0 Å². The van der Waals surface area contributed by atoms with Crippen molar-refractivity contribution in [3.8, 4) is 0 Å². The van der Waals surface area contributed by atoms with Crippen LogP contribution in [0.15, 0.2) is 29.2 Å². The van der Waals surface area contributed by atoms with Crippen LogP contribution in [0.2, 0.25) is 0 Å². The fourth-order valence-corrected chi connectivity index (χ4v) is 3.98. The second-order valence-electron chi connectivity index (χ2n) is 6.57. The summed E-state index contributed by atoms with van der Waals surface area (Å²) in [6.07, 6.45) is 5.21. The first-order valence-corrected chi connectivity index (χ1v) is 9.92. The Labute approximate surface area is 156 Å². The number of Topliss-reactive ketones (excluding diaryl/α,β-unsaturated/α-hetero) is 1. The number of carbonyl (C=O) groups is 4. The van der Waals surface area contributed by atoms with Gasteiger partial charge >= 0.3 is 5.97 Å². The standard InChI is InChI=1S/C19H21NO5S/c1-26-13-8-6-12(7-9-13)16(21)11-25-17(22)10-20-18(23)14-4-2-3-5-15(14)19(20)24/h6-9,14-15H,2-5,10-11H2,1H3. The van der Waals surface area contributed by atoms with Crippen LogP contribution in [0.1, 0.15) is 36.0 Å². The number of fused-ring (bicyclic) bond motifs is 1. The van der Waals surface area contributed by atoms with E-state index >= 15 is 0 Å². The van der Waals surface area contributed by atoms with Gasteiger partial charge in [-0.1, -0.05) is 25.0 Å². The molecule has 0 spiro atoms. The van der Waals surface area contributed by atoms with Crippen molar-refractivity contribution in [2.75, 3.05) is 19.4 Å². The van der Waals surface area contributed by atoms with Gasteiger partial charge in [-0.15, -0.1) is 11.8 Å². The molecule has 2 atom stereocenters. The largest absolute Gasteiger partial charge is 0.456 e. The smallest absolute Gasteiger partial charge is 0.326 e. The monoisotopic (exact) mass is 375 g/mol. The van der Waals surface area contributed by atoms with Gasteiger partial charge in [0.2, 0.25) is 11.8 Å². The minimum atomic E-state index is -0.737. The molecule has 2 fully saturated rings. The summed E-state index contributed by atoms with van der Waals surface area (Å²) in [6, 6.07) is 7.01. The number of benzene rings is 1. The maximum atomic E-state index is 12.3. The maximum absolute atomic E-state index is 12.3. The lowest BCUT2D eigenvalue weighted by atomic mass is 9.81. The summed E-state index contributed by atoms with van der Waals surface area (Å²) in [5.41, 5.74) is 0.454. The summed E-state index contributed by atoms with van der Waals surface area (Å²) >= 11 is 1.57. The second-order valence-corrected chi connectivity index (χ2v) is 7.45. The van der Waals surface area contributed by atoms with Gasteiger partial charge in [-0.2, -0.15) is 0 Å². The Morgan fingerprint density at radius 3 is 2.19 bits per heavy atom. The van der Waals surface area contributed by atoms with Crippen LogP contribution in [-0.2, 0) is 19.1 Å². The van der Waals surface area contributed by atoms with Crippen molar-refractivity contribution in [2.24, 2.45) is 11.8 Å². The number of hydrogen-bond donors (Lipinski definition) is 0. The molecule has 1 saturated carbocycles. The average Bonchev–Trinajstić information content (AvgIpc) is 2.91. The minimum Gasteiger partial charge on any atom is -0.456 e. The molecule has 1 heterocycles. The number of carbonyl (C=O) groups excluding carboxylic acids is 4. The van der Waals surface area contributed by atoms with Crippen molar-refractivity contribution in [3.05, 3.63) is 29.8 Å². The molecule has 2 aliphatic rings. The average molecular weight is 375 g/mol. The van der Waals surface area contributed by atoms with E-state index in [9.17, 15) is 19.2 Å². The summed E-state index contributed by atoms with van der Waals surface area (Å²) in [6.45, 7) is -0.816. The first kappa shape index (κ1) is 18.6. The van der Waals surface area contributed by atoms with E-state index in [1.54, 1.807) is 23.9 Å². The van der Waals surface area contributed by atoms with Crippen LogP contribution in [0.4, 0.5) is 0 Å². The number of nitrogens with zero attached hydrogens (tertiary/aromatic N) is 1. The summed E-state index contributed by atoms with van der Waals surface area (Å²) in [5.74, 6) is -2.20. The molecule has 0 radical (unpaired) electrons. The van der Waals surface area contributed by atoms with Crippen LogP contribution in [-0.4, -0.2) is 47.9 Å². The molecule has 7 heteroatoms. The van der Waals surface area contributed by atoms with Crippen LogP contribution in [0.25, 0.3) is 0 Å². The Kier molecular flexibility index (Phi) is 5.76. The fraction of sp³-hybridized carbons (Fsp3) is 0.474. The molecule has 2 amide bonds. The quantitative estimate of drug-likeness (QED) is 0.328. The molecular weight excluding hydrogens is 354 g/mol. The van der Waals surface area contributed by atoms with E-state index in [1.807, 2.05) is 18.4 Å². The van der Waals surface area contributed by atoms with E-state index in [2.05, 4.69) is 0 Å². The molecule has 6 nitrogen and oxygen atoms in total. The molecular formula is C19H21NO5S. The molecule has 0 N–H and O–H groups in total. The zero-order valence-corrected chi connectivity index (χ0v) is 15.4. The van der Waals surface area contributed by atoms with E-state index in [0.717, 1.165) is 22.6 Å². The molecule has 1 aliphatic carbocycles. The van der Waals surface area contributed by atoms with Crippen molar-refractivity contribution in [1.29, 1.82) is 0 Å². The maximum Gasteiger partial charge on any atom is 0.326 e. The van der Waals surface area contributed by atoms with Crippen molar-refractivity contribution >= 4 is 35.3 Å². The summed E-state index contributed by atoms with van der Waals surface area (Å²) < 4.78 is 4.99. The van der Waals surface area contributed by atoms with Crippen LogP contribution in [0, 0.1) is 11.8 Å². The highest BCUT2D eigenvalue weighted by atomic mass is 32.2. The SMILES string of the molecule is CSc1ccc(C(=O)COC(=O)CN2C(=O)C3CCCCC3C2=O)cc1. The Bertz CT molecular complexity index is 706. The van der Waals surface area contributed by atoms with Crippen molar-refractivity contribution < 1.29 is 23.9 Å². The Hall–Kier alpha value is -2.15. The molecule has 0 bridgehead atoms. The van der Waals surface area contributed by atoms with Gasteiger partial charge < -0.3 is 4.74 Å². The Balaban J connectivity index is 1.53. The van der Waals surface area contributed by atoms with Gasteiger partial charge in [0.25, 0.3) is 0 Å². The van der Waals surface area contributed by atoms with Gasteiger partial charge in [0.1, 0.15) is 6.54 Å². The highest BCUT2D eigenvalue weighted by molar-refractivity contribution is 7.98. The lowest BCUT2D eigenvalue weighted by Crippen LogP contribution is -2.37. The molecule has 1 aliphatic heterocycles. The highest BCUT2D eigenvalue weighted by Crippen LogP contribution is 2.37. The third-order valence-corrected chi connectivity index (χ3v) is 5.74. The van der Waals surface area contributed by atoms with Gasteiger partial charge in [0, 0.05) is 10.5 Å². The topological polar surface area (TPSA) is 80.8 Å². The minimum absolute atomic E-state index is 0.282. The first-order valence-electron chi connectivity index (χ1n) is 8.69. The van der Waals surface area contributed by atoms with Crippen molar-refractivity contribution in [2.45, 2.75) is 30.6 Å². The highest BCUT2D eigenvalue weighted by Gasteiger charge is 2.48. The van der Waals surface area contributed by atoms with E-state index in [4.69, 9.17) is 4.74 Å². The van der Waals surface area contributed by atoms with Gasteiger partial charge in [-0.05, 0) is 31.2 Å². The van der Waals surface area contributed by atoms with Crippen molar-refractivity contribution in [3.63, 3.8) is 0 Å². The number of ether oxygens (including phenoxy) is 1. The number of likely N-dealkylation sites (tertiary alicyclic amines) is 1. The van der Waals surface area contributed by atoms with Gasteiger partial charge in [-0.3, -0.25) is 24.1 Å². The molecule has 0 aromatic heterocycles. The van der Waals surface area contributed by atoms with Gasteiger partial charge in [0.15, 0.2) is 12.4 Å². The summed E-state index contributed by atoms with van der Waals surface area (Å²) in [7, 11) is 0. The van der Waals surface area contributed by atoms with Crippen LogP contribution < -0.4 is 0 Å². The summed E-state index contributed by atoms with van der Waals surface area (Å²) in [5, 5.41) is 0. The lowest BCUT2D eigenvalue weighted by molar-refractivity contribution is -0.152. The number of esters is 1. The predicted octanol–water partition coefficient (Wildman–Crippen LogP) is 2.31. The Morgan fingerprint density at radius 1 is 1.08 bits per heavy atom. The molecule has 26 heavy (non-hydrogen) atoms. The first-order chi connectivity index (χ1) is 12.5. The molecule has 1 aromatic rings. The van der Waals surface area contributed by atoms with Crippen LogP contribution >= 0.6 is 11.8 Å².